The van der Waals surface area contributed by atoms with Crippen LogP contribution in [0.3, 0.4) is 0 Å². The Kier molecular flexibility index (Phi) is 6.01. The van der Waals surface area contributed by atoms with Crippen LogP contribution in [0.15, 0.2) is 30.0 Å². The van der Waals surface area contributed by atoms with Crippen molar-refractivity contribution in [3.63, 3.8) is 0 Å². The molecular formula is C20H29BF2O3. The molecule has 0 spiro atoms. The molecule has 0 unspecified atom stereocenters. The molecule has 1 aliphatic rings. The highest BCUT2D eigenvalue weighted by atomic mass is 19.1. The summed E-state index contributed by atoms with van der Waals surface area (Å²) in [4.78, 5) is 0. The van der Waals surface area contributed by atoms with Crippen LogP contribution in [0.2, 0.25) is 0 Å². The van der Waals surface area contributed by atoms with E-state index in [0.717, 1.165) is 0 Å². The third kappa shape index (κ3) is 4.93. The minimum atomic E-state index is -1.09. The van der Waals surface area contributed by atoms with E-state index in [1.807, 2.05) is 48.5 Å². The lowest BCUT2D eigenvalue weighted by Crippen LogP contribution is -2.41. The number of rotatable bonds is 5. The molecule has 0 saturated carbocycles. The number of hydrogen-bond acceptors (Lipinski definition) is 3. The highest BCUT2D eigenvalue weighted by molar-refractivity contribution is 6.55. The molecule has 2 rings (SSSR count). The normalized spacial score (nSPS) is 20.3. The van der Waals surface area contributed by atoms with E-state index in [9.17, 15) is 4.39 Å². The molecule has 0 aromatic heterocycles. The lowest BCUT2D eigenvalue weighted by Gasteiger charge is -2.32. The third-order valence-electron chi connectivity index (χ3n) is 4.83. The van der Waals surface area contributed by atoms with Gasteiger partial charge in [0.15, 0.2) is 0 Å². The van der Waals surface area contributed by atoms with E-state index >= 15 is 4.39 Å². The molecule has 0 atom stereocenters. The Bertz CT molecular complexity index is 645. The van der Waals surface area contributed by atoms with Crippen molar-refractivity contribution in [3.8, 4) is 0 Å². The van der Waals surface area contributed by atoms with E-state index in [1.165, 1.54) is 12.1 Å². The topological polar surface area (TPSA) is 27.7 Å². The summed E-state index contributed by atoms with van der Waals surface area (Å²) < 4.78 is 46.0. The molecule has 1 aliphatic heterocycles. The van der Waals surface area contributed by atoms with Gasteiger partial charge in [-0.25, -0.2) is 8.78 Å². The largest absolute Gasteiger partial charge is 0.525 e. The average molecular weight is 366 g/mol. The summed E-state index contributed by atoms with van der Waals surface area (Å²) >= 11 is 0. The van der Waals surface area contributed by atoms with Crippen molar-refractivity contribution < 1.29 is 22.8 Å². The quantitative estimate of drug-likeness (QED) is 0.658. The molecule has 1 fully saturated rings. The first kappa shape index (κ1) is 21.1. The van der Waals surface area contributed by atoms with Gasteiger partial charge >= 0.3 is 7.12 Å². The summed E-state index contributed by atoms with van der Waals surface area (Å²) in [6, 6.07) is 5.76. The molecule has 3 nitrogen and oxygen atoms in total. The smallest absolute Gasteiger partial charge is 0.398 e. The van der Waals surface area contributed by atoms with E-state index in [4.69, 9.17) is 14.0 Å². The second-order valence-electron chi connectivity index (χ2n) is 8.63. The Morgan fingerprint density at radius 2 is 1.54 bits per heavy atom. The summed E-state index contributed by atoms with van der Waals surface area (Å²) in [5.74, 6) is -0.366. The van der Waals surface area contributed by atoms with Crippen LogP contribution in [0, 0.1) is 5.82 Å². The zero-order valence-electron chi connectivity index (χ0n) is 16.8. The highest BCUT2D eigenvalue weighted by Gasteiger charge is 2.53. The van der Waals surface area contributed by atoms with E-state index in [-0.39, 0.29) is 11.4 Å². The number of hydrogen-bond donors (Lipinski definition) is 0. The number of benzene rings is 1. The fraction of sp³-hybridized carbons (Fsp3) is 0.600. The van der Waals surface area contributed by atoms with E-state index < -0.39 is 24.0 Å². The first-order valence-corrected chi connectivity index (χ1v) is 8.96. The molecule has 6 heteroatoms. The Hall–Kier alpha value is -1.24. The molecule has 0 bridgehead atoms. The second-order valence-corrected chi connectivity index (χ2v) is 8.63. The molecular weight excluding hydrogens is 337 g/mol. The van der Waals surface area contributed by atoms with E-state index in [1.54, 1.807) is 12.1 Å². The van der Waals surface area contributed by atoms with Crippen molar-refractivity contribution in [2.45, 2.75) is 71.7 Å². The van der Waals surface area contributed by atoms with Gasteiger partial charge in [-0.3, -0.25) is 0 Å². The van der Waals surface area contributed by atoms with Gasteiger partial charge < -0.3 is 14.0 Å². The van der Waals surface area contributed by atoms with Crippen LogP contribution in [-0.4, -0.2) is 30.5 Å². The second kappa shape index (κ2) is 7.41. The van der Waals surface area contributed by atoms with Gasteiger partial charge in [0.1, 0.15) is 11.5 Å². The predicted octanol–water partition coefficient (Wildman–Crippen LogP) is 5.34. The van der Waals surface area contributed by atoms with Crippen molar-refractivity contribution in [1.82, 2.24) is 0 Å². The van der Waals surface area contributed by atoms with Gasteiger partial charge in [0.2, 0.25) is 0 Å². The Morgan fingerprint density at radius 1 is 1.04 bits per heavy atom. The van der Waals surface area contributed by atoms with Crippen LogP contribution < -0.4 is 0 Å². The Labute approximate surface area is 155 Å². The maximum atomic E-state index is 15.3. The first-order chi connectivity index (χ1) is 11.8. The summed E-state index contributed by atoms with van der Waals surface area (Å²) in [6.07, 6.45) is 0.332. The van der Waals surface area contributed by atoms with Crippen LogP contribution in [0.5, 0.6) is 0 Å². The standard InChI is InChI=1S/C20H29BF2O3/c1-18(2,3)24-13-12-16(14-8-10-15(22)11-9-14)17(23)21-25-19(4,5)20(6,7)26-21/h8-11H,12-13H2,1-7H3. The van der Waals surface area contributed by atoms with Gasteiger partial charge in [-0.15, -0.1) is 0 Å². The van der Waals surface area contributed by atoms with Crippen LogP contribution in [0.4, 0.5) is 8.78 Å². The zero-order valence-corrected chi connectivity index (χ0v) is 16.8. The average Bonchev–Trinajstić information content (AvgIpc) is 2.71. The molecule has 1 aromatic carbocycles. The molecule has 144 valence electrons. The van der Waals surface area contributed by atoms with Gasteiger partial charge in [-0.05, 0) is 78.2 Å². The van der Waals surface area contributed by atoms with Crippen molar-refractivity contribution in [1.29, 1.82) is 0 Å². The van der Waals surface area contributed by atoms with Crippen molar-refractivity contribution >= 4 is 12.7 Å². The maximum Gasteiger partial charge on any atom is 0.525 e. The van der Waals surface area contributed by atoms with Crippen molar-refractivity contribution in [2.24, 2.45) is 0 Å². The van der Waals surface area contributed by atoms with Crippen LogP contribution in [0.25, 0.3) is 5.57 Å². The summed E-state index contributed by atoms with van der Waals surface area (Å²) in [5, 5.41) is 0. The maximum absolute atomic E-state index is 15.3. The SMILES string of the molecule is CC(C)(C)OCCC(=C(F)B1OC(C)(C)C(C)(C)O1)c1ccc(F)cc1. The summed E-state index contributed by atoms with van der Waals surface area (Å²) in [5.41, 5.74) is -1.08. The molecule has 0 radical (unpaired) electrons. The lowest BCUT2D eigenvalue weighted by molar-refractivity contribution is 0.000564. The lowest BCUT2D eigenvalue weighted by atomic mass is 9.82. The van der Waals surface area contributed by atoms with Crippen LogP contribution in [-0.2, 0) is 14.0 Å². The van der Waals surface area contributed by atoms with Gasteiger partial charge in [-0.1, -0.05) is 12.1 Å². The minimum Gasteiger partial charge on any atom is -0.398 e. The van der Waals surface area contributed by atoms with Gasteiger partial charge in [0, 0.05) is 0 Å². The van der Waals surface area contributed by atoms with Gasteiger partial charge in [0.05, 0.1) is 23.4 Å². The van der Waals surface area contributed by atoms with Gasteiger partial charge in [0.25, 0.3) is 0 Å². The number of ether oxygens (including phenoxy) is 1. The monoisotopic (exact) mass is 366 g/mol. The molecule has 26 heavy (non-hydrogen) atoms. The zero-order chi connectivity index (χ0) is 19.8. The predicted molar refractivity (Wildman–Crippen MR) is 101 cm³/mol. The molecule has 1 heterocycles. The highest BCUT2D eigenvalue weighted by Crippen LogP contribution is 2.40. The molecule has 0 N–H and O–H groups in total. The molecule has 1 saturated heterocycles. The Morgan fingerprint density at radius 3 is 2.00 bits per heavy atom. The van der Waals surface area contributed by atoms with Gasteiger partial charge in [-0.2, -0.15) is 0 Å². The Balaban J connectivity index is 2.32. The fourth-order valence-corrected chi connectivity index (χ4v) is 2.60. The van der Waals surface area contributed by atoms with Crippen LogP contribution in [0.1, 0.15) is 60.5 Å². The van der Waals surface area contributed by atoms with Crippen molar-refractivity contribution in [3.05, 3.63) is 41.4 Å². The first-order valence-electron chi connectivity index (χ1n) is 8.96. The summed E-state index contributed by atoms with van der Waals surface area (Å²) in [6.45, 7) is 13.7. The third-order valence-corrected chi connectivity index (χ3v) is 4.83. The molecule has 0 aliphatic carbocycles. The number of halogens is 2. The van der Waals surface area contributed by atoms with Crippen molar-refractivity contribution in [2.75, 3.05) is 6.61 Å². The van der Waals surface area contributed by atoms with Crippen LogP contribution >= 0.6 is 0 Å². The summed E-state index contributed by atoms with van der Waals surface area (Å²) in [7, 11) is -1.09. The molecule has 0 amide bonds. The molecule has 1 aromatic rings. The van der Waals surface area contributed by atoms with E-state index in [0.29, 0.717) is 24.2 Å². The minimum absolute atomic E-state index is 0.325. The van der Waals surface area contributed by atoms with E-state index in [2.05, 4.69) is 0 Å². The fourth-order valence-electron chi connectivity index (χ4n) is 2.60.